The van der Waals surface area contributed by atoms with E-state index in [4.69, 9.17) is 9.15 Å². The number of carbonyl (C=O) groups excluding carboxylic acids is 1. The van der Waals surface area contributed by atoms with Crippen molar-refractivity contribution in [3.05, 3.63) is 59.0 Å². The van der Waals surface area contributed by atoms with Gasteiger partial charge in [-0.1, -0.05) is 18.2 Å². The van der Waals surface area contributed by atoms with Gasteiger partial charge in [0.1, 0.15) is 0 Å². The smallest absolute Gasteiger partial charge is 0.416 e. The van der Waals surface area contributed by atoms with Crippen molar-refractivity contribution >= 4 is 5.91 Å². The summed E-state index contributed by atoms with van der Waals surface area (Å²) in [5.41, 5.74) is 0.606. The van der Waals surface area contributed by atoms with E-state index in [9.17, 15) is 18.0 Å². The maximum atomic E-state index is 12.8. The number of hydrogen-bond donors (Lipinski definition) is 0. The Labute approximate surface area is 143 Å². The predicted molar refractivity (Wildman–Crippen MR) is 84.2 cm³/mol. The number of aryl methyl sites for hydroxylation is 1. The van der Waals surface area contributed by atoms with Gasteiger partial charge < -0.3 is 14.1 Å². The van der Waals surface area contributed by atoms with E-state index in [0.717, 1.165) is 17.7 Å². The first-order valence-electron chi connectivity index (χ1n) is 7.95. The molecule has 2 heterocycles. The van der Waals surface area contributed by atoms with Gasteiger partial charge in [0.05, 0.1) is 24.5 Å². The molecule has 0 aliphatic carbocycles. The lowest BCUT2D eigenvalue weighted by Crippen LogP contribution is -2.46. The first-order valence-corrected chi connectivity index (χ1v) is 7.95. The first kappa shape index (κ1) is 17.5. The minimum atomic E-state index is -4.37. The number of halogens is 3. The second-order valence-corrected chi connectivity index (χ2v) is 6.08. The highest BCUT2D eigenvalue weighted by Gasteiger charge is 2.31. The van der Waals surface area contributed by atoms with Crippen LogP contribution in [0.5, 0.6) is 0 Å². The number of rotatable bonds is 3. The molecular formula is C18H18F3NO3. The van der Waals surface area contributed by atoms with Crippen LogP contribution in [0.1, 0.15) is 27.2 Å². The number of amides is 1. The summed E-state index contributed by atoms with van der Waals surface area (Å²) in [5, 5.41) is 0. The second-order valence-electron chi connectivity index (χ2n) is 6.08. The summed E-state index contributed by atoms with van der Waals surface area (Å²) in [7, 11) is 0. The number of morpholine rings is 1. The lowest BCUT2D eigenvalue weighted by Gasteiger charge is -2.32. The summed E-state index contributed by atoms with van der Waals surface area (Å²) in [6.45, 7) is 2.87. The summed E-state index contributed by atoms with van der Waals surface area (Å²) in [4.78, 5) is 14.1. The van der Waals surface area contributed by atoms with Crippen molar-refractivity contribution in [3.8, 4) is 0 Å². The van der Waals surface area contributed by atoms with E-state index in [1.54, 1.807) is 24.0 Å². The summed E-state index contributed by atoms with van der Waals surface area (Å²) in [6, 6.07) is 6.90. The third-order valence-corrected chi connectivity index (χ3v) is 4.20. The van der Waals surface area contributed by atoms with Gasteiger partial charge in [0.2, 0.25) is 0 Å². The molecule has 2 aromatic rings. The maximum Gasteiger partial charge on any atom is 0.416 e. The van der Waals surface area contributed by atoms with Gasteiger partial charge in [-0.05, 0) is 24.6 Å². The van der Waals surface area contributed by atoms with Gasteiger partial charge in [-0.2, -0.15) is 13.2 Å². The molecule has 1 aliphatic heterocycles. The third kappa shape index (κ3) is 4.04. The quantitative estimate of drug-likeness (QED) is 0.845. The fraction of sp³-hybridized carbons (Fsp3) is 0.389. The molecule has 1 saturated heterocycles. The number of alkyl halides is 3. The Balaban J connectivity index is 1.68. The van der Waals surface area contributed by atoms with Gasteiger partial charge in [0, 0.05) is 25.1 Å². The van der Waals surface area contributed by atoms with Crippen LogP contribution < -0.4 is 0 Å². The molecule has 134 valence electrons. The first-order chi connectivity index (χ1) is 11.8. The Morgan fingerprint density at radius 1 is 1.32 bits per heavy atom. The summed E-state index contributed by atoms with van der Waals surface area (Å²) >= 11 is 0. The van der Waals surface area contributed by atoms with Gasteiger partial charge in [-0.25, -0.2) is 0 Å². The van der Waals surface area contributed by atoms with Crippen LogP contribution in [0.2, 0.25) is 0 Å². The molecule has 1 aromatic carbocycles. The summed E-state index contributed by atoms with van der Waals surface area (Å²) < 4.78 is 49.3. The molecule has 0 N–H and O–H groups in total. The fourth-order valence-corrected chi connectivity index (χ4v) is 2.90. The minimum absolute atomic E-state index is 0.222. The standard InChI is InChI=1S/C18H18F3NO3/c1-12-5-7-25-16(12)17(23)22-6-8-24-15(11-22)10-13-3-2-4-14(9-13)18(19,20)21/h2-5,7,9,15H,6,8,10-11H2,1H3. The molecule has 1 unspecified atom stereocenters. The monoisotopic (exact) mass is 353 g/mol. The van der Waals surface area contributed by atoms with E-state index in [2.05, 4.69) is 0 Å². The molecule has 1 fully saturated rings. The van der Waals surface area contributed by atoms with E-state index in [1.165, 1.54) is 12.3 Å². The van der Waals surface area contributed by atoms with Gasteiger partial charge in [0.15, 0.2) is 5.76 Å². The van der Waals surface area contributed by atoms with Crippen LogP contribution in [-0.2, 0) is 17.3 Å². The van der Waals surface area contributed by atoms with Crippen LogP contribution in [0.15, 0.2) is 41.0 Å². The Bertz CT molecular complexity index is 754. The van der Waals surface area contributed by atoms with E-state index in [-0.39, 0.29) is 12.0 Å². The number of hydrogen-bond acceptors (Lipinski definition) is 3. The average Bonchev–Trinajstić information content (AvgIpc) is 3.00. The molecular weight excluding hydrogens is 335 g/mol. The van der Waals surface area contributed by atoms with E-state index in [0.29, 0.717) is 37.4 Å². The Morgan fingerprint density at radius 3 is 2.80 bits per heavy atom. The fourth-order valence-electron chi connectivity index (χ4n) is 2.90. The lowest BCUT2D eigenvalue weighted by atomic mass is 10.0. The molecule has 25 heavy (non-hydrogen) atoms. The van der Waals surface area contributed by atoms with E-state index < -0.39 is 11.7 Å². The van der Waals surface area contributed by atoms with Crippen molar-refractivity contribution in [2.75, 3.05) is 19.7 Å². The van der Waals surface area contributed by atoms with Crippen LogP contribution >= 0.6 is 0 Å². The van der Waals surface area contributed by atoms with Crippen LogP contribution in [0, 0.1) is 6.92 Å². The van der Waals surface area contributed by atoms with E-state index >= 15 is 0 Å². The molecule has 0 bridgehead atoms. The van der Waals surface area contributed by atoms with Gasteiger partial charge in [-0.3, -0.25) is 4.79 Å². The maximum absolute atomic E-state index is 12.8. The molecule has 3 rings (SSSR count). The molecule has 1 amide bonds. The number of ether oxygens (including phenoxy) is 1. The molecule has 1 atom stereocenters. The highest BCUT2D eigenvalue weighted by atomic mass is 19.4. The zero-order valence-corrected chi connectivity index (χ0v) is 13.7. The Morgan fingerprint density at radius 2 is 2.12 bits per heavy atom. The highest BCUT2D eigenvalue weighted by Crippen LogP contribution is 2.30. The molecule has 4 nitrogen and oxygen atoms in total. The van der Waals surface area contributed by atoms with E-state index in [1.807, 2.05) is 0 Å². The van der Waals surface area contributed by atoms with Gasteiger partial charge in [0.25, 0.3) is 5.91 Å². The van der Waals surface area contributed by atoms with Crippen LogP contribution in [-0.4, -0.2) is 36.6 Å². The minimum Gasteiger partial charge on any atom is -0.459 e. The molecule has 0 spiro atoms. The topological polar surface area (TPSA) is 42.7 Å². The van der Waals surface area contributed by atoms with Gasteiger partial charge in [-0.15, -0.1) is 0 Å². The van der Waals surface area contributed by atoms with Crippen LogP contribution in [0.4, 0.5) is 13.2 Å². The van der Waals surface area contributed by atoms with Crippen LogP contribution in [0.25, 0.3) is 0 Å². The summed E-state index contributed by atoms with van der Waals surface area (Å²) in [5.74, 6) is 0.0690. The zero-order chi connectivity index (χ0) is 18.0. The Hall–Kier alpha value is -2.28. The second kappa shape index (κ2) is 6.92. The molecule has 1 aliphatic rings. The molecule has 7 heteroatoms. The third-order valence-electron chi connectivity index (χ3n) is 4.20. The molecule has 1 aromatic heterocycles. The number of furan rings is 1. The van der Waals surface area contributed by atoms with Gasteiger partial charge >= 0.3 is 6.18 Å². The molecule has 0 radical (unpaired) electrons. The van der Waals surface area contributed by atoms with Crippen molar-refractivity contribution < 1.29 is 27.1 Å². The number of nitrogens with zero attached hydrogens (tertiary/aromatic N) is 1. The average molecular weight is 353 g/mol. The van der Waals surface area contributed by atoms with Crippen molar-refractivity contribution in [1.29, 1.82) is 0 Å². The normalized spacial score (nSPS) is 18.4. The SMILES string of the molecule is Cc1ccoc1C(=O)N1CCOC(Cc2cccc(C(F)(F)F)c2)C1. The molecule has 0 saturated carbocycles. The van der Waals surface area contributed by atoms with Crippen molar-refractivity contribution in [2.24, 2.45) is 0 Å². The Kier molecular flexibility index (Phi) is 4.85. The largest absolute Gasteiger partial charge is 0.459 e. The highest BCUT2D eigenvalue weighted by molar-refractivity contribution is 5.92. The number of benzene rings is 1. The van der Waals surface area contributed by atoms with Crippen molar-refractivity contribution in [2.45, 2.75) is 25.6 Å². The summed E-state index contributed by atoms with van der Waals surface area (Å²) in [6.07, 6.45) is -2.95. The predicted octanol–water partition coefficient (Wildman–Crippen LogP) is 3.69. The van der Waals surface area contributed by atoms with Crippen molar-refractivity contribution in [3.63, 3.8) is 0 Å². The van der Waals surface area contributed by atoms with Crippen LogP contribution in [0.3, 0.4) is 0 Å². The number of carbonyl (C=O) groups is 1. The zero-order valence-electron chi connectivity index (χ0n) is 13.7. The lowest BCUT2D eigenvalue weighted by molar-refractivity contribution is -0.137. The van der Waals surface area contributed by atoms with Crippen molar-refractivity contribution in [1.82, 2.24) is 4.90 Å².